The fraction of sp³-hybridized carbons (Fsp3) is 0.100. The Kier molecular flexibility index (Phi) is 5.77. The Labute approximate surface area is 180 Å². The third kappa shape index (κ3) is 4.57. The predicted molar refractivity (Wildman–Crippen MR) is 117 cm³/mol. The molecular formula is C20H17BrN6OS. The van der Waals surface area contributed by atoms with Gasteiger partial charge in [0, 0.05) is 16.1 Å². The molecule has 9 heteroatoms. The van der Waals surface area contributed by atoms with Crippen LogP contribution in [0, 0.1) is 6.92 Å². The lowest BCUT2D eigenvalue weighted by Gasteiger charge is -2.08. The molecule has 146 valence electrons. The van der Waals surface area contributed by atoms with Crippen molar-refractivity contribution >= 4 is 39.4 Å². The fourth-order valence-electron chi connectivity index (χ4n) is 2.75. The third-order valence-corrected chi connectivity index (χ3v) is 5.56. The summed E-state index contributed by atoms with van der Waals surface area (Å²) in [5.74, 6) is 1.31. The van der Waals surface area contributed by atoms with Gasteiger partial charge in [0.15, 0.2) is 5.82 Å². The van der Waals surface area contributed by atoms with Crippen molar-refractivity contribution in [3.63, 3.8) is 0 Å². The number of hydrogen-bond donors (Lipinski definition) is 2. The second-order valence-corrected chi connectivity index (χ2v) is 8.00. The quantitative estimate of drug-likeness (QED) is 0.407. The average Bonchev–Trinajstić information content (AvgIpc) is 3.34. The number of nitrogens with one attached hydrogen (secondary N) is 2. The summed E-state index contributed by atoms with van der Waals surface area (Å²) in [6.45, 7) is 1.89. The number of carbonyl (C=O) groups is 1. The smallest absolute Gasteiger partial charge is 0.236 e. The van der Waals surface area contributed by atoms with E-state index in [0.29, 0.717) is 16.8 Å². The van der Waals surface area contributed by atoms with Crippen molar-refractivity contribution in [2.75, 3.05) is 11.1 Å². The molecule has 2 heterocycles. The molecule has 2 aromatic carbocycles. The van der Waals surface area contributed by atoms with Gasteiger partial charge in [-0.2, -0.15) is 5.10 Å². The van der Waals surface area contributed by atoms with Crippen molar-refractivity contribution in [3.8, 4) is 17.1 Å². The lowest BCUT2D eigenvalue weighted by atomic mass is 10.2. The van der Waals surface area contributed by atoms with Crippen molar-refractivity contribution in [3.05, 3.63) is 70.8 Å². The standard InChI is InChI=1S/C20H17BrN6OS/c1-13-11-17(27(26-13)14-7-3-2-4-8-14)22-18(28)12-29-20-23-19(24-25-20)15-9-5-6-10-16(15)21/h2-11H,12H2,1H3,(H,22,28)(H,23,24,25). The summed E-state index contributed by atoms with van der Waals surface area (Å²) in [5, 5.41) is 15.0. The zero-order valence-electron chi connectivity index (χ0n) is 15.5. The van der Waals surface area contributed by atoms with Gasteiger partial charge < -0.3 is 5.32 Å². The Morgan fingerprint density at radius 3 is 2.72 bits per heavy atom. The van der Waals surface area contributed by atoms with Gasteiger partial charge >= 0.3 is 0 Å². The molecule has 0 bridgehead atoms. The molecule has 0 spiro atoms. The topological polar surface area (TPSA) is 88.5 Å². The maximum absolute atomic E-state index is 12.5. The summed E-state index contributed by atoms with van der Waals surface area (Å²) in [6.07, 6.45) is 0. The number of aryl methyl sites for hydroxylation is 1. The number of carbonyl (C=O) groups excluding carboxylic acids is 1. The summed E-state index contributed by atoms with van der Waals surface area (Å²) in [7, 11) is 0. The molecule has 0 saturated carbocycles. The Bertz CT molecular complexity index is 1140. The first-order valence-electron chi connectivity index (χ1n) is 8.82. The number of anilines is 1. The molecule has 2 aromatic heterocycles. The highest BCUT2D eigenvalue weighted by atomic mass is 79.9. The van der Waals surface area contributed by atoms with Gasteiger partial charge in [-0.3, -0.25) is 9.89 Å². The first kappa shape index (κ1) is 19.4. The van der Waals surface area contributed by atoms with E-state index in [1.54, 1.807) is 4.68 Å². The van der Waals surface area contributed by atoms with Crippen molar-refractivity contribution in [2.24, 2.45) is 0 Å². The molecule has 0 saturated heterocycles. The number of nitrogens with zero attached hydrogens (tertiary/aromatic N) is 4. The highest BCUT2D eigenvalue weighted by Crippen LogP contribution is 2.26. The molecule has 0 fully saturated rings. The van der Waals surface area contributed by atoms with Crippen LogP contribution in [0.3, 0.4) is 0 Å². The molecule has 7 nitrogen and oxygen atoms in total. The van der Waals surface area contributed by atoms with Gasteiger partial charge in [-0.25, -0.2) is 9.67 Å². The van der Waals surface area contributed by atoms with Crippen LogP contribution in [0.4, 0.5) is 5.82 Å². The van der Waals surface area contributed by atoms with Gasteiger partial charge in [0.05, 0.1) is 17.1 Å². The van der Waals surface area contributed by atoms with E-state index < -0.39 is 0 Å². The van der Waals surface area contributed by atoms with Crippen molar-refractivity contribution in [1.82, 2.24) is 25.0 Å². The number of benzene rings is 2. The summed E-state index contributed by atoms with van der Waals surface area (Å²) in [5.41, 5.74) is 2.62. The molecule has 0 aliphatic rings. The number of rotatable bonds is 6. The first-order valence-corrected chi connectivity index (χ1v) is 10.6. The maximum Gasteiger partial charge on any atom is 0.236 e. The number of aromatic amines is 1. The Balaban J connectivity index is 1.41. The van der Waals surface area contributed by atoms with Crippen molar-refractivity contribution in [2.45, 2.75) is 12.1 Å². The van der Waals surface area contributed by atoms with Crippen LogP contribution in [0.25, 0.3) is 17.1 Å². The molecule has 2 N–H and O–H groups in total. The van der Waals surface area contributed by atoms with E-state index in [1.807, 2.05) is 67.6 Å². The van der Waals surface area contributed by atoms with Crippen LogP contribution >= 0.6 is 27.7 Å². The number of H-pyrrole nitrogens is 1. The minimum absolute atomic E-state index is 0.153. The normalized spacial score (nSPS) is 10.8. The van der Waals surface area contributed by atoms with E-state index in [-0.39, 0.29) is 11.7 Å². The van der Waals surface area contributed by atoms with Crippen LogP contribution in [-0.2, 0) is 4.79 Å². The highest BCUT2D eigenvalue weighted by Gasteiger charge is 2.13. The molecule has 0 atom stereocenters. The van der Waals surface area contributed by atoms with E-state index in [1.165, 1.54) is 11.8 Å². The summed E-state index contributed by atoms with van der Waals surface area (Å²) < 4.78 is 2.64. The second kappa shape index (κ2) is 8.62. The Morgan fingerprint density at radius 2 is 1.93 bits per heavy atom. The van der Waals surface area contributed by atoms with Gasteiger partial charge in [-0.05, 0) is 25.1 Å². The third-order valence-electron chi connectivity index (χ3n) is 4.03. The lowest BCUT2D eigenvalue weighted by Crippen LogP contribution is -2.17. The summed E-state index contributed by atoms with van der Waals surface area (Å²) in [4.78, 5) is 16.9. The SMILES string of the molecule is Cc1cc(NC(=O)CSc2n[nH]c(-c3ccccc3Br)n2)n(-c2ccccc2)n1. The first-order chi connectivity index (χ1) is 14.1. The van der Waals surface area contributed by atoms with Gasteiger partial charge in [-0.15, -0.1) is 5.10 Å². The minimum Gasteiger partial charge on any atom is -0.310 e. The monoisotopic (exact) mass is 468 g/mol. The summed E-state index contributed by atoms with van der Waals surface area (Å²) in [6, 6.07) is 19.3. The van der Waals surface area contributed by atoms with E-state index in [4.69, 9.17) is 0 Å². The van der Waals surface area contributed by atoms with E-state index in [0.717, 1.165) is 21.4 Å². The minimum atomic E-state index is -0.153. The van der Waals surface area contributed by atoms with E-state index in [9.17, 15) is 4.79 Å². The number of hydrogen-bond acceptors (Lipinski definition) is 5. The zero-order valence-corrected chi connectivity index (χ0v) is 17.9. The van der Waals surface area contributed by atoms with Crippen LogP contribution in [0.15, 0.2) is 70.3 Å². The second-order valence-electron chi connectivity index (χ2n) is 6.20. The van der Waals surface area contributed by atoms with Crippen molar-refractivity contribution < 1.29 is 4.79 Å². The number of halogens is 1. The predicted octanol–water partition coefficient (Wildman–Crippen LogP) is 4.46. The molecule has 0 aliphatic heterocycles. The Morgan fingerprint density at radius 1 is 1.17 bits per heavy atom. The highest BCUT2D eigenvalue weighted by molar-refractivity contribution is 9.10. The summed E-state index contributed by atoms with van der Waals surface area (Å²) >= 11 is 4.77. The van der Waals surface area contributed by atoms with Gasteiger partial charge in [0.2, 0.25) is 11.1 Å². The van der Waals surface area contributed by atoms with Gasteiger partial charge in [0.1, 0.15) is 5.82 Å². The number of para-hydroxylation sites is 1. The van der Waals surface area contributed by atoms with E-state index in [2.05, 4.69) is 41.5 Å². The van der Waals surface area contributed by atoms with Crippen LogP contribution in [-0.4, -0.2) is 36.6 Å². The number of aromatic nitrogens is 5. The molecule has 29 heavy (non-hydrogen) atoms. The molecule has 4 aromatic rings. The lowest BCUT2D eigenvalue weighted by molar-refractivity contribution is -0.113. The number of amides is 1. The van der Waals surface area contributed by atoms with Crippen LogP contribution in [0.2, 0.25) is 0 Å². The van der Waals surface area contributed by atoms with Crippen LogP contribution < -0.4 is 5.32 Å². The molecule has 0 radical (unpaired) electrons. The number of thioether (sulfide) groups is 1. The molecule has 0 aliphatic carbocycles. The largest absolute Gasteiger partial charge is 0.310 e. The Hall–Kier alpha value is -2.91. The average molecular weight is 469 g/mol. The molecular weight excluding hydrogens is 452 g/mol. The molecule has 4 rings (SSSR count). The van der Waals surface area contributed by atoms with Crippen molar-refractivity contribution in [1.29, 1.82) is 0 Å². The molecule has 0 unspecified atom stereocenters. The maximum atomic E-state index is 12.5. The van der Waals surface area contributed by atoms with Gasteiger partial charge in [0.25, 0.3) is 0 Å². The zero-order chi connectivity index (χ0) is 20.2. The fourth-order valence-corrected chi connectivity index (χ4v) is 3.82. The van der Waals surface area contributed by atoms with Crippen LogP contribution in [0.1, 0.15) is 5.69 Å². The van der Waals surface area contributed by atoms with Gasteiger partial charge in [-0.1, -0.05) is 64.1 Å². The van der Waals surface area contributed by atoms with E-state index >= 15 is 0 Å². The van der Waals surface area contributed by atoms with Crippen LogP contribution in [0.5, 0.6) is 0 Å². The molecule has 1 amide bonds.